The zero-order valence-electron chi connectivity index (χ0n) is 38.8. The van der Waals surface area contributed by atoms with E-state index in [1.807, 2.05) is 20.8 Å². The molecule has 4 aliphatic carbocycles. The van der Waals surface area contributed by atoms with E-state index < -0.39 is 0 Å². The van der Waals surface area contributed by atoms with E-state index in [-0.39, 0.29) is 88.5 Å². The van der Waals surface area contributed by atoms with E-state index in [1.165, 1.54) is 70.6 Å². The first-order valence-corrected chi connectivity index (χ1v) is 24.6. The summed E-state index contributed by atoms with van der Waals surface area (Å²) in [5.74, 6) is 0.801. The SMILES string of the molecule is CCCCCCCCC.CCCCCCCCOC(=O)CC[C@@H](C)[C@H]1CC[C@H]2[C@@H]3C(OC(=O)CC)C[C@@H]4CC(OC(=O)CC)CC[C@]4(C)[C@H]3C[C@H](OC(=O)CC)[C@]12C. The van der Waals surface area contributed by atoms with Crippen LogP contribution in [0.2, 0.25) is 0 Å². The van der Waals surface area contributed by atoms with Crippen LogP contribution in [0.5, 0.6) is 0 Å². The molecule has 0 N–H and O–H groups in total. The van der Waals surface area contributed by atoms with Gasteiger partial charge in [-0.25, -0.2) is 0 Å². The van der Waals surface area contributed by atoms with Crippen molar-refractivity contribution in [1.82, 2.24) is 0 Å². The van der Waals surface area contributed by atoms with E-state index in [9.17, 15) is 19.2 Å². The lowest BCUT2D eigenvalue weighted by molar-refractivity contribution is -0.225. The monoisotopic (exact) mass is 817 g/mol. The van der Waals surface area contributed by atoms with Crippen molar-refractivity contribution in [2.45, 2.75) is 241 Å². The van der Waals surface area contributed by atoms with Crippen LogP contribution in [0.3, 0.4) is 0 Å². The molecule has 4 saturated carbocycles. The molecule has 58 heavy (non-hydrogen) atoms. The fraction of sp³-hybridized carbons (Fsp3) is 0.920. The van der Waals surface area contributed by atoms with Gasteiger partial charge in [-0.1, -0.05) is 139 Å². The largest absolute Gasteiger partial charge is 0.466 e. The Kier molecular flexibility index (Phi) is 22.2. The molecule has 0 aromatic heterocycles. The van der Waals surface area contributed by atoms with Crippen molar-refractivity contribution in [3.05, 3.63) is 0 Å². The molecule has 0 heterocycles. The van der Waals surface area contributed by atoms with E-state index in [2.05, 4.69) is 41.5 Å². The maximum atomic E-state index is 13.0. The number of unbranched alkanes of at least 4 members (excludes halogenated alkanes) is 11. The van der Waals surface area contributed by atoms with Gasteiger partial charge in [0, 0.05) is 37.0 Å². The number of carbonyl (C=O) groups excluding carboxylic acids is 4. The Morgan fingerprint density at radius 2 is 1.16 bits per heavy atom. The molecule has 0 aromatic carbocycles. The Morgan fingerprint density at radius 3 is 1.74 bits per heavy atom. The number of esters is 4. The van der Waals surface area contributed by atoms with E-state index in [0.717, 1.165) is 64.2 Å². The number of rotatable bonds is 23. The molecule has 4 aliphatic rings. The van der Waals surface area contributed by atoms with Crippen LogP contribution in [-0.4, -0.2) is 48.8 Å². The highest BCUT2D eigenvalue weighted by atomic mass is 16.6. The van der Waals surface area contributed by atoms with Crippen LogP contribution in [0.15, 0.2) is 0 Å². The predicted octanol–water partition coefficient (Wildman–Crippen LogP) is 12.9. The zero-order valence-corrected chi connectivity index (χ0v) is 38.8. The molecule has 11 atom stereocenters. The van der Waals surface area contributed by atoms with Gasteiger partial charge in [0.25, 0.3) is 0 Å². The highest BCUT2D eigenvalue weighted by molar-refractivity contribution is 5.70. The predicted molar refractivity (Wildman–Crippen MR) is 233 cm³/mol. The molecular formula is C50H88O8. The van der Waals surface area contributed by atoms with Gasteiger partial charge in [-0.15, -0.1) is 0 Å². The van der Waals surface area contributed by atoms with Crippen LogP contribution in [0, 0.1) is 46.3 Å². The molecule has 0 aromatic rings. The Morgan fingerprint density at radius 1 is 0.603 bits per heavy atom. The minimum atomic E-state index is -0.290. The number of hydrogen-bond donors (Lipinski definition) is 0. The number of hydrogen-bond acceptors (Lipinski definition) is 8. The van der Waals surface area contributed by atoms with Gasteiger partial charge in [0.1, 0.15) is 18.3 Å². The Balaban J connectivity index is 0.000000891. The summed E-state index contributed by atoms with van der Waals surface area (Å²) in [4.78, 5) is 51.0. The molecule has 0 radical (unpaired) electrons. The van der Waals surface area contributed by atoms with Crippen molar-refractivity contribution in [3.8, 4) is 0 Å². The second-order valence-corrected chi connectivity index (χ2v) is 19.2. The number of carbonyl (C=O) groups is 4. The molecule has 0 spiro atoms. The third kappa shape index (κ3) is 13.7. The third-order valence-corrected chi connectivity index (χ3v) is 15.4. The summed E-state index contributed by atoms with van der Waals surface area (Å²) in [5.41, 5.74) is -0.321. The van der Waals surface area contributed by atoms with Crippen molar-refractivity contribution in [2.75, 3.05) is 6.61 Å². The quantitative estimate of drug-likeness (QED) is 0.0570. The summed E-state index contributed by atoms with van der Waals surface area (Å²) in [5, 5.41) is 0. The molecule has 2 unspecified atom stereocenters. The van der Waals surface area contributed by atoms with Crippen LogP contribution in [-0.2, 0) is 38.1 Å². The first kappa shape index (κ1) is 50.2. The van der Waals surface area contributed by atoms with Crippen LogP contribution in [0.25, 0.3) is 0 Å². The average Bonchev–Trinajstić information content (AvgIpc) is 3.58. The van der Waals surface area contributed by atoms with E-state index in [1.54, 1.807) is 0 Å². The standard InChI is InChI=1S/C41H68O8.C9H20/c1-8-12-13-14-15-16-23-46-38(45)20-17-27(5)30-18-19-31-39-32(26-34(41(30,31)7)49-37(44)11-4)40(6)22-21-29(47-35(42)9-2)24-28(40)25-33(39)48-36(43)10-3;1-3-5-7-9-8-6-4-2/h27-34,39H,8-26H2,1-7H3;3-9H2,1-2H3/t27-,28+,29?,30-,31+,32+,33?,34+,39+,40+,41-;/m1./s1. The van der Waals surface area contributed by atoms with Gasteiger partial charge < -0.3 is 18.9 Å². The van der Waals surface area contributed by atoms with Gasteiger partial charge in [-0.2, -0.15) is 0 Å². The molecule has 8 nitrogen and oxygen atoms in total. The van der Waals surface area contributed by atoms with Crippen molar-refractivity contribution in [3.63, 3.8) is 0 Å². The topological polar surface area (TPSA) is 105 Å². The van der Waals surface area contributed by atoms with Crippen molar-refractivity contribution < 1.29 is 38.1 Å². The van der Waals surface area contributed by atoms with Crippen molar-refractivity contribution in [1.29, 1.82) is 0 Å². The summed E-state index contributed by atoms with van der Waals surface area (Å²) in [6.07, 6.45) is 24.6. The molecule has 8 heteroatoms. The van der Waals surface area contributed by atoms with Crippen LogP contribution >= 0.6 is 0 Å². The van der Waals surface area contributed by atoms with E-state index in [4.69, 9.17) is 18.9 Å². The fourth-order valence-electron chi connectivity index (χ4n) is 11.9. The normalized spacial score (nSPS) is 31.7. The zero-order chi connectivity index (χ0) is 42.7. The highest BCUT2D eigenvalue weighted by Gasteiger charge is 2.67. The van der Waals surface area contributed by atoms with Gasteiger partial charge in [0.05, 0.1) is 6.61 Å². The lowest BCUT2D eigenvalue weighted by atomic mass is 9.43. The summed E-state index contributed by atoms with van der Waals surface area (Å²) in [6, 6.07) is 0. The van der Waals surface area contributed by atoms with Gasteiger partial charge in [0.2, 0.25) is 0 Å². The van der Waals surface area contributed by atoms with Gasteiger partial charge >= 0.3 is 23.9 Å². The molecular weight excluding hydrogens is 729 g/mol. The summed E-state index contributed by atoms with van der Waals surface area (Å²) in [7, 11) is 0. The lowest BCUT2D eigenvalue weighted by Gasteiger charge is -2.64. The molecule has 336 valence electrons. The second kappa shape index (κ2) is 25.6. The van der Waals surface area contributed by atoms with Crippen LogP contribution in [0.4, 0.5) is 0 Å². The third-order valence-electron chi connectivity index (χ3n) is 15.4. The molecule has 0 saturated heterocycles. The van der Waals surface area contributed by atoms with Crippen molar-refractivity contribution in [2.24, 2.45) is 46.3 Å². The number of fused-ring (bicyclic) bond motifs is 5. The van der Waals surface area contributed by atoms with Crippen LogP contribution < -0.4 is 0 Å². The molecule has 4 rings (SSSR count). The van der Waals surface area contributed by atoms with Gasteiger partial charge in [0.15, 0.2) is 0 Å². The molecule has 4 fully saturated rings. The summed E-state index contributed by atoms with van der Waals surface area (Å²) >= 11 is 0. The fourth-order valence-corrected chi connectivity index (χ4v) is 11.9. The molecule has 0 bridgehead atoms. The summed E-state index contributed by atoms with van der Waals surface area (Å²) in [6.45, 7) is 19.8. The first-order valence-electron chi connectivity index (χ1n) is 24.6. The molecule has 0 amide bonds. The average molecular weight is 817 g/mol. The second-order valence-electron chi connectivity index (χ2n) is 19.2. The van der Waals surface area contributed by atoms with Gasteiger partial charge in [-0.05, 0) is 92.8 Å². The first-order chi connectivity index (χ1) is 27.8. The minimum absolute atomic E-state index is 0.0312. The maximum Gasteiger partial charge on any atom is 0.305 e. The Hall–Kier alpha value is -2.12. The maximum absolute atomic E-state index is 13.0. The van der Waals surface area contributed by atoms with E-state index in [0.29, 0.717) is 32.3 Å². The Bertz CT molecular complexity index is 1230. The number of ether oxygens (including phenoxy) is 4. The van der Waals surface area contributed by atoms with E-state index >= 15 is 0 Å². The highest BCUT2D eigenvalue weighted by Crippen LogP contribution is 2.69. The van der Waals surface area contributed by atoms with Gasteiger partial charge in [-0.3, -0.25) is 19.2 Å². The minimum Gasteiger partial charge on any atom is -0.466 e. The summed E-state index contributed by atoms with van der Waals surface area (Å²) < 4.78 is 24.3. The smallest absolute Gasteiger partial charge is 0.305 e. The molecule has 0 aliphatic heterocycles. The lowest BCUT2D eigenvalue weighted by Crippen LogP contribution is -2.63. The van der Waals surface area contributed by atoms with Crippen molar-refractivity contribution >= 4 is 23.9 Å². The Labute approximate surface area is 355 Å². The van der Waals surface area contributed by atoms with Crippen LogP contribution in [0.1, 0.15) is 223 Å².